The van der Waals surface area contributed by atoms with Crippen LogP contribution in [0.5, 0.6) is 17.2 Å². The third-order valence-electron chi connectivity index (χ3n) is 6.57. The second kappa shape index (κ2) is 19.4. The monoisotopic (exact) mass is 600 g/mol. The number of rotatable bonds is 20. The molecule has 0 saturated carbocycles. The first-order chi connectivity index (χ1) is 21.5. The summed E-state index contributed by atoms with van der Waals surface area (Å²) in [6, 6.07) is 22.0. The van der Waals surface area contributed by atoms with E-state index in [1.54, 1.807) is 36.4 Å². The molecule has 0 atom stereocenters. The molecule has 8 heteroatoms. The summed E-state index contributed by atoms with van der Waals surface area (Å²) < 4.78 is 26.7. The van der Waals surface area contributed by atoms with E-state index in [4.69, 9.17) is 23.7 Å². The molecule has 0 heterocycles. The van der Waals surface area contributed by atoms with Crippen molar-refractivity contribution in [3.8, 4) is 28.4 Å². The molecule has 3 aromatic rings. The highest BCUT2D eigenvalue weighted by Crippen LogP contribution is 2.24. The molecule has 0 bridgehead atoms. The number of unbranched alkanes of at least 4 members (excludes halogenated alkanes) is 5. The normalized spacial score (nSPS) is 10.4. The van der Waals surface area contributed by atoms with Crippen molar-refractivity contribution in [2.75, 3.05) is 19.8 Å². The number of hydrogen-bond donors (Lipinski definition) is 0. The topological polar surface area (TPSA) is 97.4 Å². The third kappa shape index (κ3) is 12.6. The fourth-order valence-corrected chi connectivity index (χ4v) is 4.18. The SMILES string of the molecule is C=COC(=O)CCCCCOc1ccc(-c2ccc(C(=O)Oc3ccc(OCCCCCCOC(=O)C=C)cc3)cc2)cc1. The van der Waals surface area contributed by atoms with Crippen LogP contribution >= 0.6 is 0 Å². The van der Waals surface area contributed by atoms with Crippen molar-refractivity contribution in [3.05, 3.63) is 104 Å². The smallest absolute Gasteiger partial charge is 0.343 e. The average Bonchev–Trinajstić information content (AvgIpc) is 3.05. The molecule has 0 unspecified atom stereocenters. The Bertz CT molecular complexity index is 1330. The number of carbonyl (C=O) groups excluding carboxylic acids is 3. The fourth-order valence-electron chi connectivity index (χ4n) is 4.18. The van der Waals surface area contributed by atoms with Gasteiger partial charge in [0.1, 0.15) is 17.2 Å². The third-order valence-corrected chi connectivity index (χ3v) is 6.57. The van der Waals surface area contributed by atoms with Gasteiger partial charge in [0.2, 0.25) is 0 Å². The zero-order valence-corrected chi connectivity index (χ0v) is 25.0. The highest BCUT2D eigenvalue weighted by atomic mass is 16.5. The lowest BCUT2D eigenvalue weighted by atomic mass is 10.0. The zero-order valence-electron chi connectivity index (χ0n) is 25.0. The van der Waals surface area contributed by atoms with E-state index in [0.29, 0.717) is 43.3 Å². The van der Waals surface area contributed by atoms with Crippen LogP contribution in [-0.4, -0.2) is 37.7 Å². The fraction of sp³-hybridized carbons (Fsp3) is 0.306. The summed E-state index contributed by atoms with van der Waals surface area (Å²) in [7, 11) is 0. The van der Waals surface area contributed by atoms with Gasteiger partial charge in [-0.1, -0.05) is 37.4 Å². The molecule has 0 fully saturated rings. The van der Waals surface area contributed by atoms with Crippen molar-refractivity contribution < 1.29 is 38.1 Å². The van der Waals surface area contributed by atoms with Crippen LogP contribution in [0.25, 0.3) is 11.1 Å². The minimum Gasteiger partial charge on any atom is -0.494 e. The van der Waals surface area contributed by atoms with Crippen LogP contribution < -0.4 is 14.2 Å². The summed E-state index contributed by atoms with van der Waals surface area (Å²) in [6.07, 6.45) is 8.79. The molecule has 44 heavy (non-hydrogen) atoms. The van der Waals surface area contributed by atoms with Crippen LogP contribution in [0.1, 0.15) is 61.7 Å². The van der Waals surface area contributed by atoms with Crippen LogP contribution in [-0.2, 0) is 19.1 Å². The van der Waals surface area contributed by atoms with Crippen LogP contribution in [0, 0.1) is 0 Å². The Balaban J connectivity index is 1.34. The summed E-state index contributed by atoms with van der Waals surface area (Å²) in [5.41, 5.74) is 2.42. The Morgan fingerprint density at radius 2 is 1.09 bits per heavy atom. The Labute approximate surface area is 259 Å². The predicted molar refractivity (Wildman–Crippen MR) is 169 cm³/mol. The van der Waals surface area contributed by atoms with Crippen LogP contribution in [0.15, 0.2) is 98.3 Å². The van der Waals surface area contributed by atoms with Crippen LogP contribution in [0.2, 0.25) is 0 Å². The molecule has 3 rings (SSSR count). The van der Waals surface area contributed by atoms with E-state index >= 15 is 0 Å². The Morgan fingerprint density at radius 1 is 0.591 bits per heavy atom. The molecule has 0 aromatic heterocycles. The molecule has 0 aliphatic rings. The maximum absolute atomic E-state index is 12.7. The van der Waals surface area contributed by atoms with E-state index in [-0.39, 0.29) is 5.97 Å². The minimum atomic E-state index is -0.440. The van der Waals surface area contributed by atoms with E-state index < -0.39 is 11.9 Å². The van der Waals surface area contributed by atoms with Crippen LogP contribution in [0.4, 0.5) is 0 Å². The largest absolute Gasteiger partial charge is 0.494 e. The second-order valence-corrected chi connectivity index (χ2v) is 9.91. The van der Waals surface area contributed by atoms with Gasteiger partial charge in [-0.2, -0.15) is 0 Å². The first-order valence-electron chi connectivity index (χ1n) is 14.9. The van der Waals surface area contributed by atoms with Gasteiger partial charge in [0.15, 0.2) is 0 Å². The molecule has 0 aliphatic heterocycles. The lowest BCUT2D eigenvalue weighted by molar-refractivity contribution is -0.138. The number of esters is 3. The van der Waals surface area contributed by atoms with Gasteiger partial charge in [0.05, 0.1) is 31.6 Å². The molecule has 3 aromatic carbocycles. The van der Waals surface area contributed by atoms with E-state index in [1.807, 2.05) is 36.4 Å². The lowest BCUT2D eigenvalue weighted by Crippen LogP contribution is -2.08. The van der Waals surface area contributed by atoms with Gasteiger partial charge in [-0.3, -0.25) is 4.79 Å². The lowest BCUT2D eigenvalue weighted by Gasteiger charge is -2.09. The van der Waals surface area contributed by atoms with Gasteiger partial charge >= 0.3 is 17.9 Å². The van der Waals surface area contributed by atoms with E-state index in [1.165, 1.54) is 0 Å². The van der Waals surface area contributed by atoms with Gasteiger partial charge in [-0.15, -0.1) is 0 Å². The number of hydrogen-bond acceptors (Lipinski definition) is 8. The average molecular weight is 601 g/mol. The first kappa shape index (κ1) is 33.6. The summed E-state index contributed by atoms with van der Waals surface area (Å²) in [5, 5.41) is 0. The molecule has 0 N–H and O–H groups in total. The molecular formula is C36H40O8. The molecule has 0 amide bonds. The van der Waals surface area contributed by atoms with Crippen LogP contribution in [0.3, 0.4) is 0 Å². The number of carbonyl (C=O) groups is 3. The Hall–Kier alpha value is -4.85. The van der Waals surface area contributed by atoms with Crippen molar-refractivity contribution >= 4 is 17.9 Å². The number of ether oxygens (including phenoxy) is 5. The zero-order chi connectivity index (χ0) is 31.4. The summed E-state index contributed by atoms with van der Waals surface area (Å²) in [5.74, 6) is 0.820. The highest BCUT2D eigenvalue weighted by Gasteiger charge is 2.10. The summed E-state index contributed by atoms with van der Waals surface area (Å²) in [4.78, 5) is 35.0. The molecule has 0 saturated heterocycles. The molecule has 8 nitrogen and oxygen atoms in total. The molecule has 0 spiro atoms. The second-order valence-electron chi connectivity index (χ2n) is 9.91. The summed E-state index contributed by atoms with van der Waals surface area (Å²) in [6.45, 7) is 8.29. The van der Waals surface area contributed by atoms with Crippen molar-refractivity contribution in [2.24, 2.45) is 0 Å². The van der Waals surface area contributed by atoms with E-state index in [0.717, 1.165) is 74.2 Å². The van der Waals surface area contributed by atoms with Gasteiger partial charge < -0.3 is 23.7 Å². The maximum Gasteiger partial charge on any atom is 0.343 e. The predicted octanol–water partition coefficient (Wildman–Crippen LogP) is 7.87. The Morgan fingerprint density at radius 3 is 1.66 bits per heavy atom. The summed E-state index contributed by atoms with van der Waals surface area (Å²) >= 11 is 0. The van der Waals surface area contributed by atoms with E-state index in [2.05, 4.69) is 13.2 Å². The first-order valence-corrected chi connectivity index (χ1v) is 14.9. The van der Waals surface area contributed by atoms with Crippen molar-refractivity contribution in [1.82, 2.24) is 0 Å². The maximum atomic E-state index is 12.7. The van der Waals surface area contributed by atoms with Crippen molar-refractivity contribution in [2.45, 2.75) is 51.4 Å². The standard InChI is InChI=1S/C36H40O8/c1-3-34(37)43-27-10-6-5-9-25-42-32-21-23-33(24-22-32)44-36(39)30-15-13-28(14-16-30)29-17-19-31(20-18-29)41-26-11-7-8-12-35(38)40-4-2/h3-4,13-24H,1-2,5-12,25-27H2. The van der Waals surface area contributed by atoms with Gasteiger partial charge in [-0.05, 0) is 105 Å². The van der Waals surface area contributed by atoms with Gasteiger partial charge in [0, 0.05) is 12.5 Å². The quantitative estimate of drug-likeness (QED) is 0.0425. The molecule has 232 valence electrons. The molecular weight excluding hydrogens is 560 g/mol. The van der Waals surface area contributed by atoms with Crippen molar-refractivity contribution in [3.63, 3.8) is 0 Å². The van der Waals surface area contributed by atoms with E-state index in [9.17, 15) is 14.4 Å². The Kier molecular flexibility index (Phi) is 14.8. The van der Waals surface area contributed by atoms with Gasteiger partial charge in [0.25, 0.3) is 0 Å². The number of benzene rings is 3. The van der Waals surface area contributed by atoms with Crippen molar-refractivity contribution in [1.29, 1.82) is 0 Å². The van der Waals surface area contributed by atoms with Gasteiger partial charge in [-0.25, -0.2) is 9.59 Å². The minimum absolute atomic E-state index is 0.263. The molecule has 0 aliphatic carbocycles. The highest BCUT2D eigenvalue weighted by molar-refractivity contribution is 5.91. The molecule has 0 radical (unpaired) electrons.